The van der Waals surface area contributed by atoms with Gasteiger partial charge in [-0.05, 0) is 68.2 Å². The van der Waals surface area contributed by atoms with Crippen molar-refractivity contribution >= 4 is 5.97 Å². The van der Waals surface area contributed by atoms with Crippen molar-refractivity contribution in [1.29, 1.82) is 0 Å². The molecule has 0 amide bonds. The Hall–Kier alpha value is -2.36. The van der Waals surface area contributed by atoms with Gasteiger partial charge >= 0.3 is 5.97 Å². The highest BCUT2D eigenvalue weighted by atomic mass is 19.1. The minimum Gasteiger partial charge on any atom is -0.491 e. The molecular weight excluding hydrogens is 331 g/mol. The lowest BCUT2D eigenvalue weighted by atomic mass is 9.69. The highest BCUT2D eigenvalue weighted by Crippen LogP contribution is 2.47. The maximum Gasteiger partial charge on any atom is 0.303 e. The van der Waals surface area contributed by atoms with Crippen molar-refractivity contribution < 1.29 is 19.0 Å². The molecule has 3 nitrogen and oxygen atoms in total. The smallest absolute Gasteiger partial charge is 0.303 e. The van der Waals surface area contributed by atoms with E-state index in [1.54, 1.807) is 12.1 Å². The second-order valence-electron chi connectivity index (χ2n) is 7.37. The van der Waals surface area contributed by atoms with Crippen LogP contribution in [-0.4, -0.2) is 17.2 Å². The number of benzene rings is 2. The first-order valence-corrected chi connectivity index (χ1v) is 9.21. The Kier molecular flexibility index (Phi) is 5.60. The highest BCUT2D eigenvalue weighted by Gasteiger charge is 2.32. The fourth-order valence-electron chi connectivity index (χ4n) is 3.64. The number of hydrogen-bond acceptors (Lipinski definition) is 2. The molecule has 0 bridgehead atoms. The zero-order valence-electron chi connectivity index (χ0n) is 15.2. The largest absolute Gasteiger partial charge is 0.491 e. The second-order valence-corrected chi connectivity index (χ2v) is 7.37. The van der Waals surface area contributed by atoms with Gasteiger partial charge in [0.15, 0.2) is 0 Å². The summed E-state index contributed by atoms with van der Waals surface area (Å²) in [4.78, 5) is 10.7. The Balaban J connectivity index is 1.80. The van der Waals surface area contributed by atoms with E-state index in [1.165, 1.54) is 6.07 Å². The predicted octanol–water partition coefficient (Wildman–Crippen LogP) is 5.64. The molecule has 0 aromatic heterocycles. The van der Waals surface area contributed by atoms with Crippen LogP contribution in [0.15, 0.2) is 42.5 Å². The number of aliphatic carboxylic acids is 1. The quantitative estimate of drug-likeness (QED) is 0.698. The third-order valence-electron chi connectivity index (χ3n) is 5.00. The zero-order chi connectivity index (χ0) is 18.7. The van der Waals surface area contributed by atoms with E-state index >= 15 is 0 Å². The van der Waals surface area contributed by atoms with Crippen LogP contribution in [-0.2, 0) is 4.79 Å². The van der Waals surface area contributed by atoms with Crippen molar-refractivity contribution in [3.05, 3.63) is 53.8 Å². The minimum absolute atomic E-state index is 0.0347. The van der Waals surface area contributed by atoms with Crippen LogP contribution in [0.2, 0.25) is 0 Å². The molecule has 0 radical (unpaired) electrons. The first-order chi connectivity index (χ1) is 12.4. The lowest BCUT2D eigenvalue weighted by Crippen LogP contribution is -2.23. The van der Waals surface area contributed by atoms with Crippen LogP contribution < -0.4 is 4.74 Å². The molecule has 0 spiro atoms. The van der Waals surface area contributed by atoms with Crippen LogP contribution in [0.3, 0.4) is 0 Å². The molecule has 0 saturated heterocycles. The first-order valence-electron chi connectivity index (χ1n) is 9.21. The minimum atomic E-state index is -0.730. The highest BCUT2D eigenvalue weighted by molar-refractivity contribution is 5.67. The van der Waals surface area contributed by atoms with Gasteiger partial charge in [0, 0.05) is 12.0 Å². The molecule has 0 atom stereocenters. The summed E-state index contributed by atoms with van der Waals surface area (Å²) in [5.74, 6) is 0.688. The van der Waals surface area contributed by atoms with Crippen LogP contribution in [0.5, 0.6) is 5.75 Å². The second kappa shape index (κ2) is 7.90. The van der Waals surface area contributed by atoms with Crippen molar-refractivity contribution in [2.24, 2.45) is 5.92 Å². The van der Waals surface area contributed by atoms with Crippen LogP contribution in [0.4, 0.5) is 4.39 Å². The monoisotopic (exact) mass is 356 g/mol. The van der Waals surface area contributed by atoms with E-state index in [9.17, 15) is 9.18 Å². The first kappa shape index (κ1) is 18.4. The third-order valence-corrected chi connectivity index (χ3v) is 5.00. The molecule has 0 unspecified atom stereocenters. The Morgan fingerprint density at radius 2 is 1.96 bits per heavy atom. The molecule has 1 N–H and O–H groups in total. The van der Waals surface area contributed by atoms with E-state index in [4.69, 9.17) is 9.84 Å². The van der Waals surface area contributed by atoms with Gasteiger partial charge in [0.25, 0.3) is 0 Å². The van der Waals surface area contributed by atoms with Crippen molar-refractivity contribution in [3.63, 3.8) is 0 Å². The molecular formula is C22H25FO3. The van der Waals surface area contributed by atoms with E-state index in [0.717, 1.165) is 36.1 Å². The van der Waals surface area contributed by atoms with Crippen molar-refractivity contribution in [3.8, 4) is 16.9 Å². The molecule has 0 heterocycles. The lowest BCUT2D eigenvalue weighted by Gasteiger charge is -2.36. The van der Waals surface area contributed by atoms with Gasteiger partial charge in [-0.25, -0.2) is 4.39 Å². The molecule has 1 aliphatic rings. The van der Waals surface area contributed by atoms with E-state index in [0.29, 0.717) is 17.4 Å². The Bertz CT molecular complexity index is 779. The Morgan fingerprint density at radius 1 is 1.23 bits per heavy atom. The van der Waals surface area contributed by atoms with Crippen LogP contribution >= 0.6 is 0 Å². The van der Waals surface area contributed by atoms with Gasteiger partial charge in [-0.15, -0.1) is 0 Å². The van der Waals surface area contributed by atoms with E-state index in [-0.39, 0.29) is 18.3 Å². The topological polar surface area (TPSA) is 46.5 Å². The Morgan fingerprint density at radius 3 is 2.62 bits per heavy atom. The molecule has 26 heavy (non-hydrogen) atoms. The van der Waals surface area contributed by atoms with Crippen LogP contribution in [0, 0.1) is 11.7 Å². The Labute approximate surface area is 153 Å². The molecule has 1 aliphatic carbocycles. The molecule has 2 aromatic carbocycles. The zero-order valence-corrected chi connectivity index (χ0v) is 15.2. The van der Waals surface area contributed by atoms with E-state index in [1.807, 2.05) is 38.1 Å². The van der Waals surface area contributed by atoms with Gasteiger partial charge in [-0.3, -0.25) is 4.79 Å². The third kappa shape index (κ3) is 4.24. The summed E-state index contributed by atoms with van der Waals surface area (Å²) < 4.78 is 20.1. The molecule has 0 aliphatic heterocycles. The van der Waals surface area contributed by atoms with Crippen molar-refractivity contribution in [2.45, 2.75) is 51.6 Å². The SMILES string of the molecule is CC(C)Oc1cc(-c2ccccc2F)ccc1C1CC(CCC(=O)O)C1. The summed E-state index contributed by atoms with van der Waals surface area (Å²) in [7, 11) is 0. The number of carboxylic acid groups (broad SMARTS) is 1. The van der Waals surface area contributed by atoms with Gasteiger partial charge in [0.2, 0.25) is 0 Å². The maximum atomic E-state index is 14.1. The maximum absolute atomic E-state index is 14.1. The normalized spacial score (nSPS) is 19.2. The van der Waals surface area contributed by atoms with Gasteiger partial charge < -0.3 is 9.84 Å². The number of carbonyl (C=O) groups is 1. The molecule has 1 saturated carbocycles. The van der Waals surface area contributed by atoms with Gasteiger partial charge in [-0.1, -0.05) is 30.3 Å². The summed E-state index contributed by atoms with van der Waals surface area (Å²) in [6, 6.07) is 12.7. The van der Waals surface area contributed by atoms with Crippen LogP contribution in [0.25, 0.3) is 11.1 Å². The summed E-state index contributed by atoms with van der Waals surface area (Å²) in [6.07, 6.45) is 2.98. The number of halogens is 1. The number of hydrogen-bond donors (Lipinski definition) is 1. The van der Waals surface area contributed by atoms with Crippen molar-refractivity contribution in [2.75, 3.05) is 0 Å². The summed E-state index contributed by atoms with van der Waals surface area (Å²) in [5.41, 5.74) is 2.52. The number of ether oxygens (including phenoxy) is 1. The average Bonchev–Trinajstić information content (AvgIpc) is 2.54. The average molecular weight is 356 g/mol. The van der Waals surface area contributed by atoms with Gasteiger partial charge in [0.1, 0.15) is 11.6 Å². The summed E-state index contributed by atoms with van der Waals surface area (Å²) in [5, 5.41) is 8.82. The summed E-state index contributed by atoms with van der Waals surface area (Å²) in [6.45, 7) is 3.96. The van der Waals surface area contributed by atoms with Gasteiger partial charge in [-0.2, -0.15) is 0 Å². The molecule has 138 valence electrons. The predicted molar refractivity (Wildman–Crippen MR) is 99.9 cm³/mol. The van der Waals surface area contributed by atoms with Crippen LogP contribution in [0.1, 0.15) is 51.0 Å². The number of carboxylic acids is 1. The fraction of sp³-hybridized carbons (Fsp3) is 0.409. The fourth-order valence-corrected chi connectivity index (χ4v) is 3.64. The standard InChI is InChI=1S/C22H25FO3/c1-14(2)26-21-13-16(18-5-3-4-6-20(18)23)8-9-19(21)17-11-15(12-17)7-10-22(24)25/h3-6,8-9,13-15,17H,7,10-12H2,1-2H3,(H,24,25). The molecule has 3 rings (SSSR count). The summed E-state index contributed by atoms with van der Waals surface area (Å²) >= 11 is 0. The molecule has 4 heteroatoms. The van der Waals surface area contributed by atoms with Crippen molar-refractivity contribution in [1.82, 2.24) is 0 Å². The van der Waals surface area contributed by atoms with E-state index < -0.39 is 5.97 Å². The molecule has 1 fully saturated rings. The van der Waals surface area contributed by atoms with Gasteiger partial charge in [0.05, 0.1) is 6.10 Å². The lowest BCUT2D eigenvalue weighted by molar-refractivity contribution is -0.137. The molecule has 2 aromatic rings. The number of rotatable bonds is 7. The van der Waals surface area contributed by atoms with E-state index in [2.05, 4.69) is 0 Å².